The summed E-state index contributed by atoms with van der Waals surface area (Å²) in [6, 6.07) is 0.151. The Morgan fingerprint density at radius 2 is 2.24 bits per heavy atom. The fraction of sp³-hybridized carbons (Fsp3) is 0.923. The summed E-state index contributed by atoms with van der Waals surface area (Å²) in [7, 11) is 0. The van der Waals surface area contributed by atoms with Gasteiger partial charge in [-0.05, 0) is 37.0 Å². The number of aliphatic hydroxyl groups is 1. The number of hydrogen-bond donors (Lipinski definition) is 2. The number of nitrogens with zero attached hydrogens (tertiary/aromatic N) is 1. The number of amides is 2. The summed E-state index contributed by atoms with van der Waals surface area (Å²) >= 11 is 0. The maximum absolute atomic E-state index is 12.1. The molecule has 4 heteroatoms. The van der Waals surface area contributed by atoms with Crippen molar-refractivity contribution in [1.82, 2.24) is 10.2 Å². The van der Waals surface area contributed by atoms with Crippen LogP contribution in [0.3, 0.4) is 0 Å². The molecule has 2 saturated carbocycles. The van der Waals surface area contributed by atoms with Crippen LogP contribution in [0.15, 0.2) is 0 Å². The van der Waals surface area contributed by atoms with E-state index in [0.29, 0.717) is 17.8 Å². The van der Waals surface area contributed by atoms with Gasteiger partial charge in [-0.3, -0.25) is 0 Å². The molecular formula is C13H22N2O2. The first-order valence-corrected chi connectivity index (χ1v) is 6.95. The van der Waals surface area contributed by atoms with Crippen molar-refractivity contribution in [2.24, 2.45) is 17.8 Å². The summed E-state index contributed by atoms with van der Waals surface area (Å²) < 4.78 is 0. The predicted octanol–water partition coefficient (Wildman–Crippen LogP) is 1.20. The zero-order chi connectivity index (χ0) is 12.0. The number of nitrogens with one attached hydrogen (secondary N) is 1. The fourth-order valence-corrected chi connectivity index (χ4v) is 4.12. The van der Waals surface area contributed by atoms with Gasteiger partial charge in [-0.25, -0.2) is 4.79 Å². The summed E-state index contributed by atoms with van der Waals surface area (Å²) in [6.07, 6.45) is 4.12. The van der Waals surface area contributed by atoms with Crippen molar-refractivity contribution >= 4 is 6.03 Å². The molecule has 17 heavy (non-hydrogen) atoms. The third-order valence-electron chi connectivity index (χ3n) is 4.92. The molecule has 2 amide bonds. The van der Waals surface area contributed by atoms with Crippen LogP contribution in [0.25, 0.3) is 0 Å². The van der Waals surface area contributed by atoms with Gasteiger partial charge in [0.15, 0.2) is 0 Å². The number of likely N-dealkylation sites (tertiary alicyclic amines) is 1. The SMILES string of the molecule is CCCCNC(=O)N1CC2CC3CC2C1C3O. The molecular weight excluding hydrogens is 216 g/mol. The van der Waals surface area contributed by atoms with Gasteiger partial charge in [-0.1, -0.05) is 13.3 Å². The molecule has 0 aromatic carbocycles. The highest BCUT2D eigenvalue weighted by Crippen LogP contribution is 2.54. The first-order valence-electron chi connectivity index (χ1n) is 6.95. The van der Waals surface area contributed by atoms with Crippen molar-refractivity contribution in [2.45, 2.75) is 44.8 Å². The van der Waals surface area contributed by atoms with Crippen LogP contribution >= 0.6 is 0 Å². The number of urea groups is 1. The Morgan fingerprint density at radius 3 is 2.94 bits per heavy atom. The number of carbonyl (C=O) groups excluding carboxylic acids is 1. The predicted molar refractivity (Wildman–Crippen MR) is 64.5 cm³/mol. The minimum atomic E-state index is -0.268. The highest BCUT2D eigenvalue weighted by molar-refractivity contribution is 5.75. The lowest BCUT2D eigenvalue weighted by Crippen LogP contribution is -2.48. The van der Waals surface area contributed by atoms with Crippen LogP contribution in [0.5, 0.6) is 0 Å². The molecule has 96 valence electrons. The lowest BCUT2D eigenvalue weighted by Gasteiger charge is -2.28. The molecule has 1 aliphatic heterocycles. The average Bonchev–Trinajstić information content (AvgIpc) is 2.89. The van der Waals surface area contributed by atoms with Gasteiger partial charge >= 0.3 is 6.03 Å². The van der Waals surface area contributed by atoms with E-state index in [9.17, 15) is 9.90 Å². The smallest absolute Gasteiger partial charge is 0.317 e. The van der Waals surface area contributed by atoms with Crippen molar-refractivity contribution in [1.29, 1.82) is 0 Å². The standard InChI is InChI=1S/C13H22N2O2/c1-2-3-4-14-13(17)15-7-9-5-8-6-10(9)11(15)12(8)16/h8-12,16H,2-7H2,1H3,(H,14,17). The van der Waals surface area contributed by atoms with Gasteiger partial charge in [-0.15, -0.1) is 0 Å². The third-order valence-corrected chi connectivity index (χ3v) is 4.92. The van der Waals surface area contributed by atoms with E-state index in [1.54, 1.807) is 0 Å². The zero-order valence-electron chi connectivity index (χ0n) is 10.4. The Balaban J connectivity index is 1.63. The molecule has 0 aromatic heterocycles. The Labute approximate surface area is 102 Å². The van der Waals surface area contributed by atoms with E-state index in [4.69, 9.17) is 0 Å². The lowest BCUT2D eigenvalue weighted by atomic mass is 9.88. The monoisotopic (exact) mass is 238 g/mol. The van der Waals surface area contributed by atoms with E-state index in [2.05, 4.69) is 12.2 Å². The number of unbranched alkanes of at least 4 members (excludes halogenated alkanes) is 1. The molecule has 0 radical (unpaired) electrons. The molecule has 3 aliphatic rings. The zero-order valence-corrected chi connectivity index (χ0v) is 10.4. The van der Waals surface area contributed by atoms with E-state index in [-0.39, 0.29) is 18.2 Å². The fourth-order valence-electron chi connectivity index (χ4n) is 4.12. The van der Waals surface area contributed by atoms with Gasteiger partial charge in [0, 0.05) is 13.1 Å². The van der Waals surface area contributed by atoms with Crippen LogP contribution in [0, 0.1) is 17.8 Å². The summed E-state index contributed by atoms with van der Waals surface area (Å²) in [5, 5.41) is 13.1. The van der Waals surface area contributed by atoms with Gasteiger partial charge in [0.2, 0.25) is 0 Å². The van der Waals surface area contributed by atoms with Gasteiger partial charge in [0.25, 0.3) is 0 Å². The molecule has 0 spiro atoms. The van der Waals surface area contributed by atoms with E-state index >= 15 is 0 Å². The topological polar surface area (TPSA) is 52.6 Å². The second kappa shape index (κ2) is 4.16. The van der Waals surface area contributed by atoms with E-state index < -0.39 is 0 Å². The first kappa shape index (κ1) is 11.3. The minimum Gasteiger partial charge on any atom is -0.391 e. The molecule has 4 nitrogen and oxygen atoms in total. The highest BCUT2D eigenvalue weighted by atomic mass is 16.3. The third kappa shape index (κ3) is 1.65. The number of fused-ring (bicyclic) bond motifs is 1. The van der Waals surface area contributed by atoms with Gasteiger partial charge in [0.05, 0.1) is 12.1 Å². The normalized spacial score (nSPS) is 42.2. The van der Waals surface area contributed by atoms with Crippen LogP contribution < -0.4 is 5.32 Å². The van der Waals surface area contributed by atoms with Crippen LogP contribution in [-0.2, 0) is 0 Å². The Morgan fingerprint density at radius 1 is 1.41 bits per heavy atom. The van der Waals surface area contributed by atoms with Crippen molar-refractivity contribution in [3.05, 3.63) is 0 Å². The second-order valence-electron chi connectivity index (χ2n) is 5.87. The van der Waals surface area contributed by atoms with Crippen molar-refractivity contribution in [3.63, 3.8) is 0 Å². The quantitative estimate of drug-likeness (QED) is 0.726. The molecule has 5 unspecified atom stereocenters. The molecule has 2 bridgehead atoms. The Hall–Kier alpha value is -0.770. The van der Waals surface area contributed by atoms with E-state index in [1.165, 1.54) is 0 Å². The molecule has 2 N–H and O–H groups in total. The lowest BCUT2D eigenvalue weighted by molar-refractivity contribution is 0.0609. The van der Waals surface area contributed by atoms with Crippen LogP contribution in [0.4, 0.5) is 4.79 Å². The summed E-state index contributed by atoms with van der Waals surface area (Å²) in [4.78, 5) is 14.0. The van der Waals surface area contributed by atoms with Crippen molar-refractivity contribution in [2.75, 3.05) is 13.1 Å². The summed E-state index contributed by atoms with van der Waals surface area (Å²) in [6.45, 7) is 3.74. The van der Waals surface area contributed by atoms with Crippen LogP contribution in [0.2, 0.25) is 0 Å². The molecule has 3 fully saturated rings. The van der Waals surface area contributed by atoms with Crippen LogP contribution in [-0.4, -0.2) is 41.3 Å². The number of carbonyl (C=O) groups is 1. The van der Waals surface area contributed by atoms with Gasteiger partial charge < -0.3 is 15.3 Å². The Bertz CT molecular complexity index is 319. The highest BCUT2D eigenvalue weighted by Gasteiger charge is 2.59. The maximum atomic E-state index is 12.1. The molecule has 3 rings (SSSR count). The number of rotatable bonds is 3. The average molecular weight is 238 g/mol. The molecule has 2 aliphatic carbocycles. The Kier molecular flexibility index (Phi) is 2.77. The molecule has 1 heterocycles. The van der Waals surface area contributed by atoms with E-state index in [0.717, 1.165) is 38.8 Å². The van der Waals surface area contributed by atoms with Gasteiger partial charge in [-0.2, -0.15) is 0 Å². The van der Waals surface area contributed by atoms with Crippen LogP contribution in [0.1, 0.15) is 32.6 Å². The summed E-state index contributed by atoms with van der Waals surface area (Å²) in [5.74, 6) is 1.70. The number of hydrogen-bond acceptors (Lipinski definition) is 2. The maximum Gasteiger partial charge on any atom is 0.317 e. The summed E-state index contributed by atoms with van der Waals surface area (Å²) in [5.41, 5.74) is 0. The number of aliphatic hydroxyl groups excluding tert-OH is 1. The molecule has 5 atom stereocenters. The van der Waals surface area contributed by atoms with E-state index in [1.807, 2.05) is 4.90 Å². The largest absolute Gasteiger partial charge is 0.391 e. The van der Waals surface area contributed by atoms with Gasteiger partial charge in [0.1, 0.15) is 0 Å². The second-order valence-corrected chi connectivity index (χ2v) is 5.87. The molecule has 0 aromatic rings. The minimum absolute atomic E-state index is 0.0394. The van der Waals surface area contributed by atoms with Crippen molar-refractivity contribution < 1.29 is 9.90 Å². The first-order chi connectivity index (χ1) is 8.22. The molecule has 1 saturated heterocycles. The van der Waals surface area contributed by atoms with Crippen molar-refractivity contribution in [3.8, 4) is 0 Å².